The second-order valence-corrected chi connectivity index (χ2v) is 4.19. The smallest absolute Gasteiger partial charge is 0.259 e. The normalized spacial score (nSPS) is 12.1. The lowest BCUT2D eigenvalue weighted by molar-refractivity contribution is 0.102. The van der Waals surface area contributed by atoms with E-state index in [1.54, 1.807) is 37.4 Å². The van der Waals surface area contributed by atoms with Gasteiger partial charge in [-0.3, -0.25) is 4.79 Å². The van der Waals surface area contributed by atoms with E-state index in [1.165, 1.54) is 0 Å². The Bertz CT molecular complexity index is 654. The third-order valence-corrected chi connectivity index (χ3v) is 3.00. The van der Waals surface area contributed by atoms with E-state index in [1.807, 2.05) is 12.1 Å². The van der Waals surface area contributed by atoms with Gasteiger partial charge in [0.05, 0.1) is 18.4 Å². The third kappa shape index (κ3) is 2.14. The summed E-state index contributed by atoms with van der Waals surface area (Å²) in [5.74, 6) is 1.39. The van der Waals surface area contributed by atoms with Crippen LogP contribution in [0.5, 0.6) is 17.2 Å². The second kappa shape index (κ2) is 5.13. The van der Waals surface area contributed by atoms with Gasteiger partial charge in [0.1, 0.15) is 5.75 Å². The van der Waals surface area contributed by atoms with Crippen LogP contribution in [0.15, 0.2) is 42.5 Å². The molecule has 0 bridgehead atoms. The Morgan fingerprint density at radius 3 is 2.85 bits per heavy atom. The Kier molecular flexibility index (Phi) is 3.16. The van der Waals surface area contributed by atoms with E-state index in [0.717, 1.165) is 0 Å². The van der Waals surface area contributed by atoms with Gasteiger partial charge in [0.15, 0.2) is 11.5 Å². The van der Waals surface area contributed by atoms with Gasteiger partial charge >= 0.3 is 0 Å². The number of methoxy groups -OCH3 is 1. The number of ether oxygens (including phenoxy) is 3. The molecule has 3 rings (SSSR count). The number of amides is 1. The zero-order chi connectivity index (χ0) is 13.9. The molecule has 20 heavy (non-hydrogen) atoms. The van der Waals surface area contributed by atoms with E-state index >= 15 is 0 Å². The highest BCUT2D eigenvalue weighted by molar-refractivity contribution is 6.07. The molecule has 1 N–H and O–H groups in total. The van der Waals surface area contributed by atoms with Crippen molar-refractivity contribution in [1.29, 1.82) is 0 Å². The lowest BCUT2D eigenvalue weighted by Crippen LogP contribution is -2.13. The van der Waals surface area contributed by atoms with Crippen LogP contribution in [-0.2, 0) is 0 Å². The van der Waals surface area contributed by atoms with Crippen LogP contribution in [0.3, 0.4) is 0 Å². The molecule has 5 nitrogen and oxygen atoms in total. The summed E-state index contributed by atoms with van der Waals surface area (Å²) in [5.41, 5.74) is 1.04. The fourth-order valence-corrected chi connectivity index (χ4v) is 2.05. The molecule has 1 aliphatic heterocycles. The van der Waals surface area contributed by atoms with E-state index in [0.29, 0.717) is 28.5 Å². The Morgan fingerprint density at radius 2 is 2.00 bits per heavy atom. The number of fused-ring (bicyclic) bond motifs is 1. The molecular formula is C15H13NO4. The average Bonchev–Trinajstić information content (AvgIpc) is 2.96. The first-order valence-electron chi connectivity index (χ1n) is 6.12. The van der Waals surface area contributed by atoms with Crippen LogP contribution in [0.1, 0.15) is 10.4 Å². The van der Waals surface area contributed by atoms with E-state index < -0.39 is 0 Å². The maximum absolute atomic E-state index is 12.3. The van der Waals surface area contributed by atoms with Gasteiger partial charge in [-0.1, -0.05) is 18.2 Å². The molecule has 0 aromatic heterocycles. The lowest BCUT2D eigenvalue weighted by atomic mass is 10.1. The van der Waals surface area contributed by atoms with Crippen molar-refractivity contribution in [2.75, 3.05) is 19.2 Å². The van der Waals surface area contributed by atoms with Crippen LogP contribution in [0.2, 0.25) is 0 Å². The van der Waals surface area contributed by atoms with Gasteiger partial charge < -0.3 is 19.5 Å². The molecular weight excluding hydrogens is 258 g/mol. The van der Waals surface area contributed by atoms with E-state index in [4.69, 9.17) is 14.2 Å². The number of hydrogen-bond donors (Lipinski definition) is 1. The fourth-order valence-electron chi connectivity index (χ4n) is 2.05. The molecule has 2 aromatic rings. The molecule has 0 aliphatic carbocycles. The maximum atomic E-state index is 12.3. The highest BCUT2D eigenvalue weighted by Gasteiger charge is 2.22. The van der Waals surface area contributed by atoms with Gasteiger partial charge in [0.25, 0.3) is 5.91 Å². The summed E-state index contributed by atoms with van der Waals surface area (Å²) in [6, 6.07) is 12.4. The summed E-state index contributed by atoms with van der Waals surface area (Å²) in [5, 5.41) is 2.81. The first-order chi connectivity index (χ1) is 9.79. The minimum atomic E-state index is -0.267. The fraction of sp³-hybridized carbons (Fsp3) is 0.133. The van der Waals surface area contributed by atoms with E-state index in [-0.39, 0.29) is 12.7 Å². The van der Waals surface area contributed by atoms with Crippen LogP contribution < -0.4 is 19.5 Å². The SMILES string of the molecule is COc1ccccc1NC(=O)c1cccc2c1OCO2. The van der Waals surface area contributed by atoms with Crippen molar-refractivity contribution >= 4 is 11.6 Å². The number of benzene rings is 2. The van der Waals surface area contributed by atoms with Crippen LogP contribution in [-0.4, -0.2) is 19.8 Å². The van der Waals surface area contributed by atoms with Crippen molar-refractivity contribution in [2.24, 2.45) is 0 Å². The van der Waals surface area contributed by atoms with E-state index in [2.05, 4.69) is 5.32 Å². The standard InChI is InChI=1S/C15H13NO4/c1-18-12-7-3-2-6-11(12)16-15(17)10-5-4-8-13-14(10)20-9-19-13/h2-8H,9H2,1H3,(H,16,17). The van der Waals surface area contributed by atoms with Crippen LogP contribution >= 0.6 is 0 Å². The number of para-hydroxylation sites is 3. The monoisotopic (exact) mass is 271 g/mol. The van der Waals surface area contributed by atoms with Gasteiger partial charge in [-0.25, -0.2) is 0 Å². The molecule has 1 heterocycles. The lowest BCUT2D eigenvalue weighted by Gasteiger charge is -2.10. The third-order valence-electron chi connectivity index (χ3n) is 3.00. The predicted octanol–water partition coefficient (Wildman–Crippen LogP) is 2.68. The zero-order valence-corrected chi connectivity index (χ0v) is 10.9. The molecule has 5 heteroatoms. The highest BCUT2D eigenvalue weighted by atomic mass is 16.7. The van der Waals surface area contributed by atoms with Crippen molar-refractivity contribution in [3.8, 4) is 17.2 Å². The maximum Gasteiger partial charge on any atom is 0.259 e. The van der Waals surface area contributed by atoms with Crippen molar-refractivity contribution in [2.45, 2.75) is 0 Å². The number of anilines is 1. The molecule has 0 spiro atoms. The minimum Gasteiger partial charge on any atom is -0.495 e. The summed E-state index contributed by atoms with van der Waals surface area (Å²) in [6.45, 7) is 0.133. The van der Waals surface area contributed by atoms with Gasteiger partial charge in [0.2, 0.25) is 6.79 Å². The first kappa shape index (κ1) is 12.3. The molecule has 1 aliphatic rings. The molecule has 0 saturated heterocycles. The van der Waals surface area contributed by atoms with E-state index in [9.17, 15) is 4.79 Å². The van der Waals surface area contributed by atoms with Gasteiger partial charge in [0, 0.05) is 0 Å². The Labute approximate surface area is 116 Å². The quantitative estimate of drug-likeness (QED) is 0.932. The molecule has 0 radical (unpaired) electrons. The largest absolute Gasteiger partial charge is 0.495 e. The Hall–Kier alpha value is -2.69. The molecule has 1 amide bonds. The summed E-state index contributed by atoms with van der Waals surface area (Å²) in [7, 11) is 1.56. The average molecular weight is 271 g/mol. The Morgan fingerprint density at radius 1 is 1.15 bits per heavy atom. The van der Waals surface area contributed by atoms with Crippen molar-refractivity contribution in [3.05, 3.63) is 48.0 Å². The van der Waals surface area contributed by atoms with Crippen molar-refractivity contribution in [1.82, 2.24) is 0 Å². The molecule has 102 valence electrons. The zero-order valence-electron chi connectivity index (χ0n) is 10.9. The minimum absolute atomic E-state index is 0.133. The molecule has 0 fully saturated rings. The Balaban J connectivity index is 1.89. The molecule has 0 unspecified atom stereocenters. The predicted molar refractivity (Wildman–Crippen MR) is 73.5 cm³/mol. The van der Waals surface area contributed by atoms with Crippen LogP contribution in [0.4, 0.5) is 5.69 Å². The topological polar surface area (TPSA) is 56.8 Å². The summed E-state index contributed by atoms with van der Waals surface area (Å²) in [4.78, 5) is 12.3. The second-order valence-electron chi connectivity index (χ2n) is 4.19. The number of carbonyl (C=O) groups is 1. The first-order valence-corrected chi connectivity index (χ1v) is 6.12. The molecule has 0 saturated carbocycles. The summed E-state index contributed by atoms with van der Waals surface area (Å²) in [6.07, 6.45) is 0. The van der Waals surface area contributed by atoms with Crippen molar-refractivity contribution in [3.63, 3.8) is 0 Å². The van der Waals surface area contributed by atoms with Crippen LogP contribution in [0, 0.1) is 0 Å². The van der Waals surface area contributed by atoms with Crippen molar-refractivity contribution < 1.29 is 19.0 Å². The van der Waals surface area contributed by atoms with Gasteiger partial charge in [-0.2, -0.15) is 0 Å². The summed E-state index contributed by atoms with van der Waals surface area (Å²) < 4.78 is 15.8. The molecule has 0 atom stereocenters. The number of rotatable bonds is 3. The van der Waals surface area contributed by atoms with Gasteiger partial charge in [-0.05, 0) is 24.3 Å². The van der Waals surface area contributed by atoms with Gasteiger partial charge in [-0.15, -0.1) is 0 Å². The highest BCUT2D eigenvalue weighted by Crippen LogP contribution is 2.36. The number of nitrogens with one attached hydrogen (secondary N) is 1. The molecule has 2 aromatic carbocycles. The van der Waals surface area contributed by atoms with Crippen LogP contribution in [0.25, 0.3) is 0 Å². The number of carbonyl (C=O) groups excluding carboxylic acids is 1. The number of hydrogen-bond acceptors (Lipinski definition) is 4. The summed E-state index contributed by atoms with van der Waals surface area (Å²) >= 11 is 0.